The number of hydrogen-bond acceptors (Lipinski definition) is 2. The molecule has 0 N–H and O–H groups in total. The summed E-state index contributed by atoms with van der Waals surface area (Å²) in [6.45, 7) is 3.90. The molecule has 0 saturated heterocycles. The predicted octanol–water partition coefficient (Wildman–Crippen LogP) is 4.95. The van der Waals surface area contributed by atoms with Crippen LogP contribution < -0.4 is 0 Å². The van der Waals surface area contributed by atoms with E-state index in [9.17, 15) is 4.79 Å². The van der Waals surface area contributed by atoms with E-state index < -0.39 is 0 Å². The van der Waals surface area contributed by atoms with E-state index in [2.05, 4.69) is 31.1 Å². The van der Waals surface area contributed by atoms with Gasteiger partial charge in [-0.25, -0.2) is 0 Å². The van der Waals surface area contributed by atoms with Crippen molar-refractivity contribution >= 4 is 5.97 Å². The van der Waals surface area contributed by atoms with Crippen molar-refractivity contribution in [1.29, 1.82) is 0 Å². The fraction of sp³-hybridized carbons (Fsp3) is 0.773. The van der Waals surface area contributed by atoms with Crippen molar-refractivity contribution in [1.82, 2.24) is 0 Å². The van der Waals surface area contributed by atoms with E-state index in [0.717, 1.165) is 29.6 Å². The first-order chi connectivity index (χ1) is 11.6. The van der Waals surface area contributed by atoms with Crippen molar-refractivity contribution in [3.8, 4) is 12.0 Å². The molecule has 0 radical (unpaired) electrons. The number of ether oxygens (including phenoxy) is 1. The van der Waals surface area contributed by atoms with E-state index >= 15 is 0 Å². The lowest BCUT2D eigenvalue weighted by Crippen LogP contribution is -2.47. The Balaban J connectivity index is 1.52. The van der Waals surface area contributed by atoms with E-state index in [-0.39, 0.29) is 5.97 Å². The van der Waals surface area contributed by atoms with Gasteiger partial charge in [0.2, 0.25) is 0 Å². The molecule has 3 saturated carbocycles. The molecule has 2 heteroatoms. The van der Waals surface area contributed by atoms with Crippen molar-refractivity contribution in [2.24, 2.45) is 40.9 Å². The summed E-state index contributed by atoms with van der Waals surface area (Å²) in [5.41, 5.74) is 0.339. The van der Waals surface area contributed by atoms with Crippen LogP contribution in [0.15, 0.2) is 12.2 Å². The van der Waals surface area contributed by atoms with Gasteiger partial charge >= 0.3 is 5.97 Å². The maximum absolute atomic E-state index is 11.0. The standard InChI is InChI=1S/C22H30O2/c1-15(23)24-14-12-17-8-10-21-20-9-7-16-5-3-4-6-18(16)19(20)11-13-22(17,21)2/h3-4,16-21H,5-11,13H2,1-2H3/t16?,17-,18-,19+,20+,21-,22+/m0/s1. The molecular weight excluding hydrogens is 296 g/mol. The Kier molecular flexibility index (Phi) is 4.23. The molecule has 4 aliphatic rings. The largest absolute Gasteiger partial charge is 0.372 e. The van der Waals surface area contributed by atoms with Crippen molar-refractivity contribution in [2.45, 2.75) is 65.2 Å². The van der Waals surface area contributed by atoms with Gasteiger partial charge in [0.05, 0.1) is 0 Å². The molecule has 0 aromatic carbocycles. The van der Waals surface area contributed by atoms with Gasteiger partial charge in [0, 0.05) is 12.8 Å². The van der Waals surface area contributed by atoms with Gasteiger partial charge in [-0.2, -0.15) is 0 Å². The summed E-state index contributed by atoms with van der Waals surface area (Å²) >= 11 is 0. The topological polar surface area (TPSA) is 26.3 Å². The summed E-state index contributed by atoms with van der Waals surface area (Å²) in [7, 11) is 0. The van der Waals surface area contributed by atoms with Crippen LogP contribution in [0, 0.1) is 52.9 Å². The van der Waals surface area contributed by atoms with Crippen LogP contribution >= 0.6 is 0 Å². The Morgan fingerprint density at radius 1 is 1.04 bits per heavy atom. The number of carbonyl (C=O) groups is 1. The summed E-state index contributed by atoms with van der Waals surface area (Å²) in [5, 5.41) is 0. The zero-order chi connectivity index (χ0) is 16.7. The first kappa shape index (κ1) is 16.2. The highest BCUT2D eigenvalue weighted by Crippen LogP contribution is 2.63. The summed E-state index contributed by atoms with van der Waals surface area (Å²) in [6.07, 6.45) is 18.3. The van der Waals surface area contributed by atoms with E-state index in [1.165, 1.54) is 58.3 Å². The van der Waals surface area contributed by atoms with Crippen LogP contribution in [-0.2, 0) is 9.53 Å². The lowest BCUT2D eigenvalue weighted by molar-refractivity contribution is -0.134. The fourth-order valence-electron chi connectivity index (χ4n) is 6.83. The summed E-state index contributed by atoms with van der Waals surface area (Å²) in [5.74, 6) is 8.02. The van der Waals surface area contributed by atoms with Crippen LogP contribution in [0.3, 0.4) is 0 Å². The highest BCUT2D eigenvalue weighted by atomic mass is 16.5. The van der Waals surface area contributed by atoms with Crippen molar-refractivity contribution in [3.63, 3.8) is 0 Å². The van der Waals surface area contributed by atoms with E-state index in [4.69, 9.17) is 4.74 Å². The molecule has 0 aromatic rings. The van der Waals surface area contributed by atoms with Crippen LogP contribution in [0.1, 0.15) is 65.2 Å². The zero-order valence-corrected chi connectivity index (χ0v) is 15.1. The van der Waals surface area contributed by atoms with Crippen molar-refractivity contribution < 1.29 is 9.53 Å². The molecule has 4 rings (SSSR count). The molecule has 0 spiro atoms. The molecule has 0 bridgehead atoms. The van der Waals surface area contributed by atoms with Crippen LogP contribution in [0.2, 0.25) is 0 Å². The Labute approximate surface area is 146 Å². The first-order valence-electron chi connectivity index (χ1n) is 9.92. The van der Waals surface area contributed by atoms with Gasteiger partial charge in [-0.15, -0.1) is 0 Å². The van der Waals surface area contributed by atoms with Gasteiger partial charge in [-0.3, -0.25) is 4.79 Å². The predicted molar refractivity (Wildman–Crippen MR) is 94.7 cm³/mol. The molecule has 7 atom stereocenters. The van der Waals surface area contributed by atoms with E-state index in [0.29, 0.717) is 11.3 Å². The molecule has 3 fully saturated rings. The smallest absolute Gasteiger partial charge is 0.316 e. The second kappa shape index (κ2) is 6.25. The average Bonchev–Trinajstić information content (AvgIpc) is 2.91. The Bertz CT molecular complexity index is 595. The normalized spacial score (nSPS) is 46.1. The van der Waals surface area contributed by atoms with Crippen LogP contribution in [0.25, 0.3) is 0 Å². The molecule has 2 nitrogen and oxygen atoms in total. The molecule has 0 amide bonds. The fourth-order valence-corrected chi connectivity index (χ4v) is 6.83. The Hall–Kier alpha value is -1.23. The van der Waals surface area contributed by atoms with Crippen LogP contribution in [0.5, 0.6) is 0 Å². The maximum Gasteiger partial charge on any atom is 0.316 e. The van der Waals surface area contributed by atoms with Crippen molar-refractivity contribution in [2.75, 3.05) is 0 Å². The van der Waals surface area contributed by atoms with Gasteiger partial charge in [0.15, 0.2) is 0 Å². The van der Waals surface area contributed by atoms with Gasteiger partial charge in [0.25, 0.3) is 0 Å². The average molecular weight is 326 g/mol. The molecule has 0 heterocycles. The molecule has 1 unspecified atom stereocenters. The van der Waals surface area contributed by atoms with E-state index in [1.807, 2.05) is 0 Å². The van der Waals surface area contributed by atoms with Crippen LogP contribution in [-0.4, -0.2) is 5.97 Å². The molecule has 0 aromatic heterocycles. The van der Waals surface area contributed by atoms with Gasteiger partial charge in [-0.05, 0) is 86.4 Å². The minimum atomic E-state index is -0.297. The number of allylic oxidation sites excluding steroid dienone is 2. The van der Waals surface area contributed by atoms with Gasteiger partial charge < -0.3 is 4.74 Å². The molecule has 24 heavy (non-hydrogen) atoms. The van der Waals surface area contributed by atoms with Gasteiger partial charge in [-0.1, -0.05) is 25.0 Å². The Morgan fingerprint density at radius 3 is 2.71 bits per heavy atom. The number of rotatable bonds is 0. The highest BCUT2D eigenvalue weighted by molar-refractivity contribution is 5.67. The maximum atomic E-state index is 11.0. The summed E-state index contributed by atoms with van der Waals surface area (Å²) in [6, 6.07) is 0. The second-order valence-electron chi connectivity index (χ2n) is 8.89. The third kappa shape index (κ3) is 2.61. The SMILES string of the molecule is CC(=O)OC#C[C@@H]1CC[C@H]2[C@@H]3CCC4CC=CC[C@@H]4[C@H]3CC[C@]12C. The molecule has 130 valence electrons. The number of hydrogen-bond donors (Lipinski definition) is 0. The number of fused-ring (bicyclic) bond motifs is 5. The number of carbonyl (C=O) groups excluding carboxylic acids is 1. The van der Waals surface area contributed by atoms with E-state index in [1.54, 1.807) is 0 Å². The third-order valence-electron chi connectivity index (χ3n) is 7.96. The highest BCUT2D eigenvalue weighted by Gasteiger charge is 2.56. The third-order valence-corrected chi connectivity index (χ3v) is 7.96. The number of esters is 1. The second-order valence-corrected chi connectivity index (χ2v) is 8.89. The lowest BCUT2D eigenvalue weighted by atomic mass is 9.50. The summed E-state index contributed by atoms with van der Waals surface area (Å²) in [4.78, 5) is 11.0. The Morgan fingerprint density at radius 2 is 1.88 bits per heavy atom. The first-order valence-corrected chi connectivity index (χ1v) is 9.92. The monoisotopic (exact) mass is 326 g/mol. The van der Waals surface area contributed by atoms with Crippen LogP contribution in [0.4, 0.5) is 0 Å². The van der Waals surface area contributed by atoms with Crippen molar-refractivity contribution in [3.05, 3.63) is 12.2 Å². The minimum Gasteiger partial charge on any atom is -0.372 e. The molecule has 4 aliphatic carbocycles. The zero-order valence-electron chi connectivity index (χ0n) is 15.1. The lowest BCUT2D eigenvalue weighted by Gasteiger charge is -2.54. The minimum absolute atomic E-state index is 0.297. The van der Waals surface area contributed by atoms with Gasteiger partial charge in [0.1, 0.15) is 6.11 Å². The summed E-state index contributed by atoms with van der Waals surface area (Å²) < 4.78 is 4.90. The molecular formula is C22H30O2. The molecule has 0 aliphatic heterocycles. The quantitative estimate of drug-likeness (QED) is 0.358.